The van der Waals surface area contributed by atoms with Crippen LogP contribution in [-0.4, -0.2) is 17.3 Å². The lowest BCUT2D eigenvalue weighted by Gasteiger charge is -2.17. The van der Waals surface area contributed by atoms with Crippen molar-refractivity contribution in [1.82, 2.24) is 0 Å². The molecule has 0 saturated heterocycles. The minimum Gasteiger partial charge on any atom is -0.493 e. The van der Waals surface area contributed by atoms with E-state index in [1.807, 2.05) is 6.92 Å². The molecule has 1 rings (SSSR count). The zero-order valence-electron chi connectivity index (χ0n) is 7.21. The third kappa shape index (κ3) is 2.54. The molecule has 1 N–H and O–H groups in total. The second-order valence-corrected chi connectivity index (χ2v) is 3.13. The molecule has 2 nitrogen and oxygen atoms in total. The molecule has 0 unspecified atom stereocenters. The van der Waals surface area contributed by atoms with Gasteiger partial charge in [0.1, 0.15) is 6.10 Å². The molecule has 0 radical (unpaired) electrons. The van der Waals surface area contributed by atoms with Crippen molar-refractivity contribution >= 4 is 0 Å². The molecule has 0 bridgehead atoms. The van der Waals surface area contributed by atoms with E-state index in [0.29, 0.717) is 0 Å². The van der Waals surface area contributed by atoms with E-state index in [1.54, 1.807) is 6.92 Å². The predicted molar refractivity (Wildman–Crippen MR) is 44.2 cm³/mol. The van der Waals surface area contributed by atoms with E-state index in [0.717, 1.165) is 18.6 Å². The molecule has 2 heteroatoms. The topological polar surface area (TPSA) is 29.5 Å². The second kappa shape index (κ2) is 3.77. The Labute approximate surface area is 67.9 Å². The Kier molecular flexibility index (Phi) is 2.94. The first kappa shape index (κ1) is 8.60. The molecule has 2 atom stereocenters. The Balaban J connectivity index is 2.29. The molecule has 0 heterocycles. The summed E-state index contributed by atoms with van der Waals surface area (Å²) in [4.78, 5) is 0. The molecule has 1 aliphatic rings. The van der Waals surface area contributed by atoms with Crippen molar-refractivity contribution in [1.29, 1.82) is 0 Å². The van der Waals surface area contributed by atoms with E-state index >= 15 is 0 Å². The number of aliphatic hydroxyl groups is 1. The quantitative estimate of drug-likeness (QED) is 0.675. The van der Waals surface area contributed by atoms with Crippen LogP contribution in [0.15, 0.2) is 11.8 Å². The number of aliphatic hydroxyl groups excluding tert-OH is 1. The molecule has 0 fully saturated rings. The van der Waals surface area contributed by atoms with Gasteiger partial charge in [-0.1, -0.05) is 0 Å². The summed E-state index contributed by atoms with van der Waals surface area (Å²) in [5, 5.41) is 9.13. The highest BCUT2D eigenvalue weighted by molar-refractivity contribution is 5.00. The fraction of sp³-hybridized carbons (Fsp3) is 0.778. The molecule has 11 heavy (non-hydrogen) atoms. The van der Waals surface area contributed by atoms with Crippen molar-refractivity contribution in [2.45, 2.75) is 45.3 Å². The first-order valence-corrected chi connectivity index (χ1v) is 4.24. The van der Waals surface area contributed by atoms with E-state index in [4.69, 9.17) is 9.84 Å². The van der Waals surface area contributed by atoms with Gasteiger partial charge in [0.2, 0.25) is 0 Å². The van der Waals surface area contributed by atoms with E-state index in [2.05, 4.69) is 6.08 Å². The summed E-state index contributed by atoms with van der Waals surface area (Å²) in [5.74, 6) is 1.05. The molecule has 1 aliphatic carbocycles. The average Bonchev–Trinajstić information content (AvgIpc) is 2.39. The van der Waals surface area contributed by atoms with Gasteiger partial charge in [-0.3, -0.25) is 0 Å². The zero-order valence-corrected chi connectivity index (χ0v) is 7.21. The van der Waals surface area contributed by atoms with Gasteiger partial charge >= 0.3 is 0 Å². The van der Waals surface area contributed by atoms with E-state index in [1.165, 1.54) is 6.42 Å². The van der Waals surface area contributed by atoms with Crippen molar-refractivity contribution < 1.29 is 9.84 Å². The van der Waals surface area contributed by atoms with Crippen LogP contribution in [0, 0.1) is 0 Å². The summed E-state index contributed by atoms with van der Waals surface area (Å²) in [5.41, 5.74) is 0. The van der Waals surface area contributed by atoms with Crippen LogP contribution >= 0.6 is 0 Å². The Morgan fingerprint density at radius 1 is 1.55 bits per heavy atom. The molecular weight excluding hydrogens is 140 g/mol. The van der Waals surface area contributed by atoms with Gasteiger partial charge in [0.15, 0.2) is 0 Å². The van der Waals surface area contributed by atoms with Crippen molar-refractivity contribution in [3.05, 3.63) is 11.8 Å². The monoisotopic (exact) mass is 156 g/mol. The standard InChI is InChI=1S/C9H16O2/c1-7(10)8(2)11-9-5-3-4-6-9/h5,7-8,10H,3-4,6H2,1-2H3/t7-,8-/m1/s1. The predicted octanol–water partition coefficient (Wildman–Crippen LogP) is 1.84. The minimum absolute atomic E-state index is 0.0700. The van der Waals surface area contributed by atoms with Crippen LogP contribution in [0.3, 0.4) is 0 Å². The van der Waals surface area contributed by atoms with Gasteiger partial charge in [-0.05, 0) is 32.8 Å². The third-order valence-electron chi connectivity index (χ3n) is 2.02. The van der Waals surface area contributed by atoms with Crippen molar-refractivity contribution in [2.75, 3.05) is 0 Å². The van der Waals surface area contributed by atoms with Gasteiger partial charge in [-0.25, -0.2) is 0 Å². The van der Waals surface area contributed by atoms with Gasteiger partial charge < -0.3 is 9.84 Å². The summed E-state index contributed by atoms with van der Waals surface area (Å²) < 4.78 is 5.48. The fourth-order valence-electron chi connectivity index (χ4n) is 1.09. The molecule has 0 saturated carbocycles. The van der Waals surface area contributed by atoms with Crippen molar-refractivity contribution in [3.8, 4) is 0 Å². The molecule has 0 aromatic carbocycles. The summed E-state index contributed by atoms with van der Waals surface area (Å²) >= 11 is 0. The van der Waals surface area contributed by atoms with Crippen molar-refractivity contribution in [2.24, 2.45) is 0 Å². The minimum atomic E-state index is -0.378. The molecule has 0 aliphatic heterocycles. The van der Waals surface area contributed by atoms with Crippen molar-refractivity contribution in [3.63, 3.8) is 0 Å². The third-order valence-corrected chi connectivity index (χ3v) is 2.02. The van der Waals surface area contributed by atoms with Crippen LogP contribution < -0.4 is 0 Å². The highest BCUT2D eigenvalue weighted by atomic mass is 16.5. The smallest absolute Gasteiger partial charge is 0.121 e. The van der Waals surface area contributed by atoms with Crippen LogP contribution in [0.25, 0.3) is 0 Å². The lowest BCUT2D eigenvalue weighted by molar-refractivity contribution is 0.0160. The Bertz CT molecular complexity index is 150. The molecule has 0 aromatic heterocycles. The van der Waals surface area contributed by atoms with E-state index in [9.17, 15) is 0 Å². The summed E-state index contributed by atoms with van der Waals surface area (Å²) in [6, 6.07) is 0. The largest absolute Gasteiger partial charge is 0.493 e. The summed E-state index contributed by atoms with van der Waals surface area (Å²) in [6.45, 7) is 3.64. The first-order chi connectivity index (χ1) is 5.20. The average molecular weight is 156 g/mol. The van der Waals surface area contributed by atoms with Crippen LogP contribution in [0.2, 0.25) is 0 Å². The fourth-order valence-corrected chi connectivity index (χ4v) is 1.09. The highest BCUT2D eigenvalue weighted by Crippen LogP contribution is 2.20. The maximum absolute atomic E-state index is 9.13. The normalized spacial score (nSPS) is 22.6. The molecule has 0 aromatic rings. The summed E-state index contributed by atoms with van der Waals surface area (Å²) in [6.07, 6.45) is 5.02. The van der Waals surface area contributed by atoms with Gasteiger partial charge in [0.25, 0.3) is 0 Å². The van der Waals surface area contributed by atoms with Gasteiger partial charge in [0.05, 0.1) is 11.9 Å². The Hall–Kier alpha value is -0.500. The maximum Gasteiger partial charge on any atom is 0.121 e. The van der Waals surface area contributed by atoms with Gasteiger partial charge in [-0.2, -0.15) is 0 Å². The Morgan fingerprint density at radius 2 is 2.27 bits per heavy atom. The number of hydrogen-bond donors (Lipinski definition) is 1. The lowest BCUT2D eigenvalue weighted by atomic mass is 10.2. The second-order valence-electron chi connectivity index (χ2n) is 3.13. The molecular formula is C9H16O2. The maximum atomic E-state index is 9.13. The van der Waals surface area contributed by atoms with Crippen LogP contribution in [0.1, 0.15) is 33.1 Å². The molecule has 0 amide bonds. The number of ether oxygens (including phenoxy) is 1. The van der Waals surface area contributed by atoms with Crippen LogP contribution in [0.4, 0.5) is 0 Å². The van der Waals surface area contributed by atoms with Gasteiger partial charge in [-0.15, -0.1) is 0 Å². The first-order valence-electron chi connectivity index (χ1n) is 4.24. The van der Waals surface area contributed by atoms with Crippen LogP contribution in [-0.2, 0) is 4.74 Å². The van der Waals surface area contributed by atoms with E-state index in [-0.39, 0.29) is 12.2 Å². The lowest BCUT2D eigenvalue weighted by Crippen LogP contribution is -2.21. The molecule has 64 valence electrons. The number of allylic oxidation sites excluding steroid dienone is 2. The highest BCUT2D eigenvalue weighted by Gasteiger charge is 2.13. The van der Waals surface area contributed by atoms with Gasteiger partial charge in [0, 0.05) is 6.42 Å². The summed E-state index contributed by atoms with van der Waals surface area (Å²) in [7, 11) is 0. The Morgan fingerprint density at radius 3 is 2.73 bits per heavy atom. The zero-order chi connectivity index (χ0) is 8.27. The van der Waals surface area contributed by atoms with Crippen LogP contribution in [0.5, 0.6) is 0 Å². The number of rotatable bonds is 3. The molecule has 0 spiro atoms. The SMILES string of the molecule is C[C@@H](O)[C@@H](C)OC1=CCCC1. The van der Waals surface area contributed by atoms with E-state index < -0.39 is 0 Å². The number of hydrogen-bond acceptors (Lipinski definition) is 2.